The maximum Gasteiger partial charge on any atom is 0.185 e. The first kappa shape index (κ1) is 13.4. The first-order valence-corrected chi connectivity index (χ1v) is 6.25. The van der Waals surface area contributed by atoms with Gasteiger partial charge in [-0.2, -0.15) is 5.26 Å². The molecule has 0 bridgehead atoms. The van der Waals surface area contributed by atoms with Gasteiger partial charge in [-0.15, -0.1) is 0 Å². The standard InChI is InChI=1S/C14H13NOS/c1-11-9-13(6-7-14(11)10-15)5-3-4-8-17-12(2)16/h6-7,9H,4,8H2,1-2H3. The summed E-state index contributed by atoms with van der Waals surface area (Å²) in [5.41, 5.74) is 2.54. The minimum atomic E-state index is 0.126. The number of hydrogen-bond donors (Lipinski definition) is 0. The van der Waals surface area contributed by atoms with Gasteiger partial charge in [0.2, 0.25) is 0 Å². The predicted molar refractivity (Wildman–Crippen MR) is 70.5 cm³/mol. The Balaban J connectivity index is 2.58. The summed E-state index contributed by atoms with van der Waals surface area (Å²) >= 11 is 1.29. The molecular weight excluding hydrogens is 230 g/mol. The zero-order valence-electron chi connectivity index (χ0n) is 9.91. The Morgan fingerprint density at radius 2 is 2.24 bits per heavy atom. The molecule has 0 saturated heterocycles. The average Bonchev–Trinajstić information content (AvgIpc) is 2.28. The molecule has 0 aromatic heterocycles. The topological polar surface area (TPSA) is 40.9 Å². The number of nitriles is 1. The fourth-order valence-corrected chi connectivity index (χ4v) is 1.77. The van der Waals surface area contributed by atoms with E-state index in [4.69, 9.17) is 5.26 Å². The van der Waals surface area contributed by atoms with Gasteiger partial charge in [0.25, 0.3) is 0 Å². The average molecular weight is 243 g/mol. The smallest absolute Gasteiger partial charge is 0.185 e. The molecule has 0 unspecified atom stereocenters. The van der Waals surface area contributed by atoms with Gasteiger partial charge >= 0.3 is 0 Å². The van der Waals surface area contributed by atoms with Gasteiger partial charge in [-0.1, -0.05) is 23.6 Å². The van der Waals surface area contributed by atoms with Gasteiger partial charge in [-0.25, -0.2) is 0 Å². The van der Waals surface area contributed by atoms with Gasteiger partial charge in [-0.05, 0) is 30.7 Å². The quantitative estimate of drug-likeness (QED) is 0.592. The van der Waals surface area contributed by atoms with E-state index in [-0.39, 0.29) is 5.12 Å². The van der Waals surface area contributed by atoms with Crippen LogP contribution in [0.1, 0.15) is 30.0 Å². The lowest BCUT2D eigenvalue weighted by molar-refractivity contribution is -0.109. The summed E-state index contributed by atoms with van der Waals surface area (Å²) in [6.45, 7) is 3.46. The molecule has 0 saturated carbocycles. The van der Waals surface area contributed by atoms with Gasteiger partial charge in [0.15, 0.2) is 5.12 Å². The van der Waals surface area contributed by atoms with E-state index < -0.39 is 0 Å². The number of hydrogen-bond acceptors (Lipinski definition) is 3. The minimum absolute atomic E-state index is 0.126. The molecule has 1 rings (SSSR count). The van der Waals surface area contributed by atoms with Crippen molar-refractivity contribution in [1.82, 2.24) is 0 Å². The zero-order chi connectivity index (χ0) is 12.7. The molecule has 0 N–H and O–H groups in total. The van der Waals surface area contributed by atoms with Crippen molar-refractivity contribution in [3.63, 3.8) is 0 Å². The van der Waals surface area contributed by atoms with Gasteiger partial charge in [0, 0.05) is 24.7 Å². The molecule has 1 aromatic rings. The van der Waals surface area contributed by atoms with Crippen molar-refractivity contribution in [2.24, 2.45) is 0 Å². The summed E-state index contributed by atoms with van der Waals surface area (Å²) in [6.07, 6.45) is 0.698. The van der Waals surface area contributed by atoms with Crippen molar-refractivity contribution < 1.29 is 4.79 Å². The second kappa shape index (κ2) is 6.78. The molecule has 0 spiro atoms. The molecule has 0 aliphatic heterocycles. The van der Waals surface area contributed by atoms with Crippen LogP contribution in [0.3, 0.4) is 0 Å². The van der Waals surface area contributed by atoms with E-state index in [0.29, 0.717) is 12.0 Å². The van der Waals surface area contributed by atoms with E-state index in [2.05, 4.69) is 17.9 Å². The summed E-state index contributed by atoms with van der Waals surface area (Å²) in [5.74, 6) is 6.78. The summed E-state index contributed by atoms with van der Waals surface area (Å²) < 4.78 is 0. The highest BCUT2D eigenvalue weighted by molar-refractivity contribution is 8.13. The lowest BCUT2D eigenvalue weighted by Crippen LogP contribution is -1.85. The fourth-order valence-electron chi connectivity index (χ4n) is 1.28. The maximum absolute atomic E-state index is 10.7. The van der Waals surface area contributed by atoms with Crippen LogP contribution in [-0.4, -0.2) is 10.9 Å². The molecule has 1 aromatic carbocycles. The summed E-state index contributed by atoms with van der Waals surface area (Å²) in [5, 5.41) is 8.91. The lowest BCUT2D eigenvalue weighted by Gasteiger charge is -1.96. The van der Waals surface area contributed by atoms with E-state index in [0.717, 1.165) is 16.9 Å². The van der Waals surface area contributed by atoms with Crippen LogP contribution in [0.2, 0.25) is 0 Å². The number of aryl methyl sites for hydroxylation is 1. The van der Waals surface area contributed by atoms with E-state index in [1.807, 2.05) is 19.1 Å². The Morgan fingerprint density at radius 3 is 2.82 bits per heavy atom. The van der Waals surface area contributed by atoms with Gasteiger partial charge in [-0.3, -0.25) is 4.79 Å². The molecular formula is C14H13NOS. The number of nitrogens with zero attached hydrogens (tertiary/aromatic N) is 1. The van der Waals surface area contributed by atoms with Crippen molar-refractivity contribution in [3.8, 4) is 17.9 Å². The molecule has 2 nitrogen and oxygen atoms in total. The third-order valence-corrected chi connectivity index (χ3v) is 2.93. The molecule has 3 heteroatoms. The van der Waals surface area contributed by atoms with Crippen molar-refractivity contribution in [3.05, 3.63) is 34.9 Å². The molecule has 17 heavy (non-hydrogen) atoms. The van der Waals surface area contributed by atoms with Crippen LogP contribution in [0.4, 0.5) is 0 Å². The van der Waals surface area contributed by atoms with Crippen LogP contribution < -0.4 is 0 Å². The number of thioether (sulfide) groups is 1. The Labute approximate surface area is 106 Å². The highest BCUT2D eigenvalue weighted by atomic mass is 32.2. The van der Waals surface area contributed by atoms with Gasteiger partial charge in [0.1, 0.15) is 0 Å². The summed E-state index contributed by atoms with van der Waals surface area (Å²) in [7, 11) is 0. The Bertz CT molecular complexity index is 517. The molecule has 86 valence electrons. The number of carbonyl (C=O) groups excluding carboxylic acids is 1. The largest absolute Gasteiger partial charge is 0.288 e. The predicted octanol–water partition coefficient (Wildman–Crippen LogP) is 2.89. The van der Waals surface area contributed by atoms with Crippen LogP contribution in [0.25, 0.3) is 0 Å². The molecule has 0 fully saturated rings. The Kier molecular flexibility index (Phi) is 5.33. The van der Waals surface area contributed by atoms with Crippen molar-refractivity contribution in [2.75, 3.05) is 5.75 Å². The summed E-state index contributed by atoms with van der Waals surface area (Å²) in [6, 6.07) is 7.65. The normalized spacial score (nSPS) is 9.00. The third-order valence-electron chi connectivity index (χ3n) is 2.11. The van der Waals surface area contributed by atoms with Crippen molar-refractivity contribution in [2.45, 2.75) is 20.3 Å². The maximum atomic E-state index is 10.7. The number of benzene rings is 1. The summed E-state index contributed by atoms with van der Waals surface area (Å²) in [4.78, 5) is 10.7. The van der Waals surface area contributed by atoms with E-state index >= 15 is 0 Å². The highest BCUT2D eigenvalue weighted by Crippen LogP contribution is 2.09. The van der Waals surface area contributed by atoms with Crippen LogP contribution in [0.15, 0.2) is 18.2 Å². The molecule has 0 heterocycles. The van der Waals surface area contributed by atoms with E-state index in [9.17, 15) is 4.79 Å². The van der Waals surface area contributed by atoms with Crippen LogP contribution in [-0.2, 0) is 4.79 Å². The molecule has 0 atom stereocenters. The number of rotatable bonds is 2. The molecule has 0 aliphatic carbocycles. The SMILES string of the molecule is CC(=O)SCCC#Cc1ccc(C#N)c(C)c1. The molecule has 0 radical (unpaired) electrons. The molecule has 0 aliphatic rings. The number of carbonyl (C=O) groups is 1. The van der Waals surface area contributed by atoms with Crippen molar-refractivity contribution in [1.29, 1.82) is 5.26 Å². The Morgan fingerprint density at radius 1 is 1.47 bits per heavy atom. The van der Waals surface area contributed by atoms with Crippen LogP contribution >= 0.6 is 11.8 Å². The highest BCUT2D eigenvalue weighted by Gasteiger charge is 1.96. The van der Waals surface area contributed by atoms with E-state index in [1.54, 1.807) is 13.0 Å². The van der Waals surface area contributed by atoms with Gasteiger partial charge < -0.3 is 0 Å². The second-order valence-electron chi connectivity index (χ2n) is 3.53. The van der Waals surface area contributed by atoms with Gasteiger partial charge in [0.05, 0.1) is 11.6 Å². The molecule has 0 amide bonds. The van der Waals surface area contributed by atoms with Crippen LogP contribution in [0, 0.1) is 30.1 Å². The fraction of sp³-hybridized carbons (Fsp3) is 0.286. The third kappa shape index (κ3) is 4.76. The minimum Gasteiger partial charge on any atom is -0.288 e. The Hall–Kier alpha value is -1.71. The lowest BCUT2D eigenvalue weighted by atomic mass is 10.1. The monoisotopic (exact) mass is 243 g/mol. The van der Waals surface area contributed by atoms with Crippen molar-refractivity contribution >= 4 is 16.9 Å². The first-order valence-electron chi connectivity index (χ1n) is 5.26. The van der Waals surface area contributed by atoms with E-state index in [1.165, 1.54) is 11.8 Å². The van der Waals surface area contributed by atoms with Crippen LogP contribution in [0.5, 0.6) is 0 Å². The second-order valence-corrected chi connectivity index (χ2v) is 4.81. The first-order chi connectivity index (χ1) is 8.13. The zero-order valence-corrected chi connectivity index (χ0v) is 10.7.